The number of rotatable bonds is 38. The van der Waals surface area contributed by atoms with Crippen LogP contribution in [-0.2, 0) is 32.7 Å². The molecule has 0 fully saturated rings. The van der Waals surface area contributed by atoms with E-state index >= 15 is 0 Å². The molecule has 0 radical (unpaired) electrons. The molecule has 0 aliphatic rings. The summed E-state index contributed by atoms with van der Waals surface area (Å²) in [4.78, 5) is 45.6. The highest BCUT2D eigenvalue weighted by atomic mass is 31.2. The van der Waals surface area contributed by atoms with E-state index in [2.05, 4.69) is 34.7 Å². The van der Waals surface area contributed by atoms with Crippen molar-refractivity contribution in [3.63, 3.8) is 0 Å². The van der Waals surface area contributed by atoms with Gasteiger partial charge in [-0.2, -0.15) is 0 Å². The summed E-state index contributed by atoms with van der Waals surface area (Å²) in [6, 6.07) is 3.01. The summed E-state index contributed by atoms with van der Waals surface area (Å²) in [6.45, 7) is 2.02. The van der Waals surface area contributed by atoms with Crippen LogP contribution < -0.4 is 11.1 Å². The first kappa shape index (κ1) is 50.7. The molecule has 4 N–H and O–H groups in total. The number of phosphoric ester groups is 1. The third-order valence-corrected chi connectivity index (χ3v) is 10.6. The Balaban J connectivity index is 1.54. The summed E-state index contributed by atoms with van der Waals surface area (Å²) >= 11 is 0. The van der Waals surface area contributed by atoms with E-state index in [1.54, 1.807) is 6.07 Å². The number of nitro benzene ring substituents is 1. The Hall–Kier alpha value is -3.43. The van der Waals surface area contributed by atoms with E-state index in [4.69, 9.17) is 28.9 Å². The smallest absolute Gasteiger partial charge is 0.462 e. The van der Waals surface area contributed by atoms with Crippen molar-refractivity contribution < 1.29 is 47.1 Å². The fourth-order valence-electron chi connectivity index (χ4n) is 6.34. The van der Waals surface area contributed by atoms with Crippen LogP contribution in [0.2, 0.25) is 0 Å². The normalized spacial score (nSPS) is 13.2. The number of allylic oxidation sites excluding steroid dienone is 2. The molecule has 0 aliphatic heterocycles. The number of esters is 2. The minimum atomic E-state index is -4.42. The molecule has 0 aliphatic carbocycles. The number of fused-ring (bicyclic) bond motifs is 1. The fourth-order valence-corrected chi connectivity index (χ4v) is 7.11. The Morgan fingerprint density at radius 3 is 1.97 bits per heavy atom. The number of carbonyl (C=O) groups is 2. The van der Waals surface area contributed by atoms with Crippen molar-refractivity contribution in [2.75, 3.05) is 38.2 Å². The predicted octanol–water partition coefficient (Wildman–Crippen LogP) is 10.0. The number of hydrogen-bond donors (Lipinski definition) is 3. The first-order valence-electron chi connectivity index (χ1n) is 21.6. The largest absolute Gasteiger partial charge is 0.472 e. The van der Waals surface area contributed by atoms with Gasteiger partial charge in [-0.1, -0.05) is 115 Å². The number of ether oxygens (including phenoxy) is 2. The molecular weight excluding hydrogens is 769 g/mol. The van der Waals surface area contributed by atoms with Crippen LogP contribution in [0.15, 0.2) is 28.9 Å². The molecule has 0 amide bonds. The summed E-state index contributed by atoms with van der Waals surface area (Å²) in [5.74, 6) is -0.920. The molecule has 2 aromatic rings. The number of aromatic nitrogens is 2. The minimum absolute atomic E-state index is 0.0265. The molecule has 16 nitrogen and oxygen atoms in total. The lowest BCUT2D eigenvalue weighted by Gasteiger charge is -2.19. The lowest BCUT2D eigenvalue weighted by atomic mass is 10.1. The van der Waals surface area contributed by atoms with Gasteiger partial charge in [0.25, 0.3) is 0 Å². The molecule has 17 heteroatoms. The molecule has 2 rings (SSSR count). The van der Waals surface area contributed by atoms with Crippen molar-refractivity contribution in [2.45, 2.75) is 167 Å². The molecule has 1 aromatic carbocycles. The summed E-state index contributed by atoms with van der Waals surface area (Å²) in [5, 5.41) is 21.9. The second kappa shape index (κ2) is 32.4. The van der Waals surface area contributed by atoms with E-state index in [0.717, 1.165) is 89.9 Å². The molecule has 58 heavy (non-hydrogen) atoms. The van der Waals surface area contributed by atoms with Gasteiger partial charge < -0.3 is 25.4 Å². The van der Waals surface area contributed by atoms with Gasteiger partial charge in [-0.05, 0) is 61.3 Å². The summed E-state index contributed by atoms with van der Waals surface area (Å²) in [6.07, 6.45) is 27.7. The lowest BCUT2D eigenvalue weighted by Crippen LogP contribution is -2.29. The quantitative estimate of drug-likeness (QED) is 0.0143. The van der Waals surface area contributed by atoms with Crippen LogP contribution >= 0.6 is 7.82 Å². The van der Waals surface area contributed by atoms with E-state index in [-0.39, 0.29) is 43.8 Å². The van der Waals surface area contributed by atoms with Crippen molar-refractivity contribution >= 4 is 42.2 Å². The fraction of sp³-hybridized carbons (Fsp3) is 0.756. The first-order chi connectivity index (χ1) is 28.2. The zero-order chi connectivity index (χ0) is 42.1. The van der Waals surface area contributed by atoms with Gasteiger partial charge in [0, 0.05) is 32.0 Å². The summed E-state index contributed by atoms with van der Waals surface area (Å²) < 4.78 is 37.4. The maximum absolute atomic E-state index is 12.6. The van der Waals surface area contributed by atoms with E-state index in [9.17, 15) is 29.2 Å². The number of hydrogen-bond acceptors (Lipinski definition) is 14. The van der Waals surface area contributed by atoms with Crippen molar-refractivity contribution in [1.29, 1.82) is 0 Å². The average Bonchev–Trinajstić information content (AvgIpc) is 3.70. The van der Waals surface area contributed by atoms with Gasteiger partial charge in [0.15, 0.2) is 11.6 Å². The molecule has 2 atom stereocenters. The molecule has 0 spiro atoms. The number of nitrogens with zero attached hydrogens (tertiary/aromatic N) is 3. The van der Waals surface area contributed by atoms with E-state index in [1.165, 1.54) is 44.6 Å². The Morgan fingerprint density at radius 2 is 1.36 bits per heavy atom. The summed E-state index contributed by atoms with van der Waals surface area (Å²) in [7, 11) is -4.42. The van der Waals surface area contributed by atoms with E-state index in [1.807, 2.05) is 0 Å². The topological polar surface area (TPSA) is 228 Å². The second-order valence-corrected chi connectivity index (χ2v) is 16.2. The summed E-state index contributed by atoms with van der Waals surface area (Å²) in [5.41, 5.74) is 6.33. The van der Waals surface area contributed by atoms with Crippen LogP contribution in [0, 0.1) is 10.1 Å². The number of anilines is 1. The van der Waals surface area contributed by atoms with E-state index < -0.39 is 37.4 Å². The maximum atomic E-state index is 12.6. The molecule has 330 valence electrons. The number of carbonyl (C=O) groups excluding carboxylic acids is 2. The van der Waals surface area contributed by atoms with Gasteiger partial charge in [-0.15, -0.1) is 0 Å². The van der Waals surface area contributed by atoms with Crippen molar-refractivity contribution in [1.82, 2.24) is 10.3 Å². The molecular formula is C41H70N5O11P. The minimum Gasteiger partial charge on any atom is -0.462 e. The van der Waals surface area contributed by atoms with Gasteiger partial charge in [0.1, 0.15) is 6.61 Å². The van der Waals surface area contributed by atoms with Crippen LogP contribution in [0.4, 0.5) is 11.4 Å². The van der Waals surface area contributed by atoms with Crippen LogP contribution in [0.1, 0.15) is 161 Å². The highest BCUT2D eigenvalue weighted by Gasteiger charge is 2.26. The Morgan fingerprint density at radius 1 is 0.810 bits per heavy atom. The molecule has 0 bridgehead atoms. The van der Waals surface area contributed by atoms with Gasteiger partial charge in [0.05, 0.1) is 23.8 Å². The van der Waals surface area contributed by atoms with Crippen LogP contribution in [-0.4, -0.2) is 71.1 Å². The Labute approximate surface area is 344 Å². The van der Waals surface area contributed by atoms with Gasteiger partial charge in [-0.25, -0.2) is 9.19 Å². The third-order valence-electron chi connectivity index (χ3n) is 9.63. The third kappa shape index (κ3) is 24.5. The number of nitro groups is 1. The van der Waals surface area contributed by atoms with E-state index in [0.29, 0.717) is 30.6 Å². The van der Waals surface area contributed by atoms with Crippen molar-refractivity contribution in [3.05, 3.63) is 34.4 Å². The molecule has 0 saturated carbocycles. The van der Waals surface area contributed by atoms with Crippen LogP contribution in [0.5, 0.6) is 0 Å². The van der Waals surface area contributed by atoms with Gasteiger partial charge in [-0.3, -0.25) is 28.8 Å². The maximum Gasteiger partial charge on any atom is 0.472 e. The molecule has 1 heterocycles. The highest BCUT2D eigenvalue weighted by molar-refractivity contribution is 7.47. The first-order valence-corrected chi connectivity index (χ1v) is 23.1. The average molecular weight is 840 g/mol. The number of nitrogens with one attached hydrogen (secondary N) is 1. The zero-order valence-electron chi connectivity index (χ0n) is 34.8. The monoisotopic (exact) mass is 839 g/mol. The Kier molecular flexibility index (Phi) is 28.4. The number of non-ortho nitro benzene ring substituents is 1. The van der Waals surface area contributed by atoms with Crippen LogP contribution in [0.3, 0.4) is 0 Å². The van der Waals surface area contributed by atoms with Gasteiger partial charge in [0.2, 0.25) is 5.52 Å². The number of nitrogens with two attached hydrogens (primary N) is 1. The SMILES string of the molecule is CCCCCCCC/C=C\CCCCCCCC(=O)OC[C@H](COP(=O)(O)OCCN)OC(=O)CCCCCCCCCCCNc1ccc([N+](=O)[O-])c2nonc12. The number of benzene rings is 1. The standard InChI is InChI=1S/C41H70N5O11P/c1-2-3-4-5-6-7-8-9-10-11-12-14-17-20-23-26-38(47)53-33-35(34-55-58(51,52)54-32-30-42)56-39(48)27-24-21-18-15-13-16-19-22-25-31-43-36-28-29-37(46(49)50)41-40(36)44-57-45-41/h9-10,28-29,35,43H,2-8,11-27,30-34,42H2,1H3,(H,51,52)/b10-9-/t35-/m1/s1. The van der Waals surface area contributed by atoms with Crippen molar-refractivity contribution in [2.24, 2.45) is 5.73 Å². The second-order valence-electron chi connectivity index (χ2n) is 14.7. The lowest BCUT2D eigenvalue weighted by molar-refractivity contribution is -0.383. The number of phosphoric acid groups is 1. The number of unbranched alkanes of at least 4 members (excludes halogenated alkanes) is 19. The van der Waals surface area contributed by atoms with Gasteiger partial charge >= 0.3 is 25.4 Å². The van der Waals surface area contributed by atoms with Crippen LogP contribution in [0.25, 0.3) is 11.0 Å². The Bertz CT molecular complexity index is 1490. The molecule has 0 saturated heterocycles. The van der Waals surface area contributed by atoms with Crippen molar-refractivity contribution in [3.8, 4) is 0 Å². The molecule has 1 unspecified atom stereocenters. The highest BCUT2D eigenvalue weighted by Crippen LogP contribution is 2.43. The zero-order valence-corrected chi connectivity index (χ0v) is 35.7. The predicted molar refractivity (Wildman–Crippen MR) is 224 cm³/mol. The molecule has 1 aromatic heterocycles.